The van der Waals surface area contributed by atoms with Crippen LogP contribution in [0.2, 0.25) is 0 Å². The van der Waals surface area contributed by atoms with Crippen molar-refractivity contribution in [2.45, 2.75) is 51.6 Å². The predicted molar refractivity (Wildman–Crippen MR) is 71.3 cm³/mol. The molecule has 4 nitrogen and oxygen atoms in total. The van der Waals surface area contributed by atoms with Crippen molar-refractivity contribution in [1.82, 2.24) is 4.90 Å². The van der Waals surface area contributed by atoms with Crippen LogP contribution >= 0.6 is 0 Å². The normalized spacial score (nSPS) is 19.7. The smallest absolute Gasteiger partial charge is 0.334 e. The highest BCUT2D eigenvalue weighted by Crippen LogP contribution is 2.21. The standard InChI is InChI=1S/C14H27NO3/c1-3-4-5-6-9-15-10-7-12(8-11-15)13(16)14(17)18-2/h12-13,16H,3-11H2,1-2H3. The zero-order valence-corrected chi connectivity index (χ0v) is 11.7. The highest BCUT2D eigenvalue weighted by Gasteiger charge is 2.30. The Kier molecular flexibility index (Phi) is 7.28. The molecule has 1 heterocycles. The van der Waals surface area contributed by atoms with Crippen molar-refractivity contribution in [3.05, 3.63) is 0 Å². The summed E-state index contributed by atoms with van der Waals surface area (Å²) in [4.78, 5) is 13.7. The van der Waals surface area contributed by atoms with Crippen LogP contribution in [0.25, 0.3) is 0 Å². The monoisotopic (exact) mass is 257 g/mol. The van der Waals surface area contributed by atoms with Gasteiger partial charge in [-0.2, -0.15) is 0 Å². The molecule has 1 N–H and O–H groups in total. The highest BCUT2D eigenvalue weighted by atomic mass is 16.5. The van der Waals surface area contributed by atoms with Gasteiger partial charge >= 0.3 is 5.97 Å². The van der Waals surface area contributed by atoms with E-state index < -0.39 is 12.1 Å². The average molecular weight is 257 g/mol. The summed E-state index contributed by atoms with van der Waals surface area (Å²) in [5.41, 5.74) is 0. The molecule has 0 aromatic rings. The van der Waals surface area contributed by atoms with Crippen molar-refractivity contribution in [2.24, 2.45) is 5.92 Å². The third kappa shape index (κ3) is 4.94. The van der Waals surface area contributed by atoms with Gasteiger partial charge in [0.05, 0.1) is 7.11 Å². The highest BCUT2D eigenvalue weighted by molar-refractivity contribution is 5.74. The fourth-order valence-corrected chi connectivity index (χ4v) is 2.57. The Morgan fingerprint density at radius 3 is 2.56 bits per heavy atom. The van der Waals surface area contributed by atoms with E-state index in [-0.39, 0.29) is 5.92 Å². The number of carbonyl (C=O) groups excluding carboxylic acids is 1. The second-order valence-electron chi connectivity index (χ2n) is 5.21. The van der Waals surface area contributed by atoms with Gasteiger partial charge in [-0.25, -0.2) is 4.79 Å². The molecule has 1 aliphatic heterocycles. The lowest BCUT2D eigenvalue weighted by Gasteiger charge is -2.33. The molecule has 1 fully saturated rings. The van der Waals surface area contributed by atoms with E-state index in [9.17, 15) is 9.90 Å². The Labute approximate surface area is 110 Å². The zero-order chi connectivity index (χ0) is 13.4. The molecule has 0 radical (unpaired) electrons. The molecule has 18 heavy (non-hydrogen) atoms. The first-order valence-corrected chi connectivity index (χ1v) is 7.17. The fraction of sp³-hybridized carbons (Fsp3) is 0.929. The SMILES string of the molecule is CCCCCCN1CCC(C(O)C(=O)OC)CC1. The molecule has 0 amide bonds. The lowest BCUT2D eigenvalue weighted by Crippen LogP contribution is -2.41. The largest absolute Gasteiger partial charge is 0.467 e. The van der Waals surface area contributed by atoms with Crippen LogP contribution in [0.4, 0.5) is 0 Å². The third-order valence-corrected chi connectivity index (χ3v) is 3.85. The number of aliphatic hydroxyl groups excluding tert-OH is 1. The molecule has 1 atom stereocenters. The fourth-order valence-electron chi connectivity index (χ4n) is 2.57. The van der Waals surface area contributed by atoms with Gasteiger partial charge in [0, 0.05) is 0 Å². The number of nitrogens with zero attached hydrogens (tertiary/aromatic N) is 1. The van der Waals surface area contributed by atoms with Crippen molar-refractivity contribution in [2.75, 3.05) is 26.7 Å². The Balaban J connectivity index is 2.18. The van der Waals surface area contributed by atoms with Crippen LogP contribution in [0.3, 0.4) is 0 Å². The van der Waals surface area contributed by atoms with E-state index in [0.29, 0.717) is 0 Å². The summed E-state index contributed by atoms with van der Waals surface area (Å²) >= 11 is 0. The van der Waals surface area contributed by atoms with Crippen molar-refractivity contribution < 1.29 is 14.6 Å². The average Bonchev–Trinajstić information content (AvgIpc) is 2.42. The maximum atomic E-state index is 11.3. The predicted octanol–water partition coefficient (Wildman–Crippen LogP) is 1.81. The van der Waals surface area contributed by atoms with Crippen LogP contribution < -0.4 is 0 Å². The number of hydrogen-bond donors (Lipinski definition) is 1. The summed E-state index contributed by atoms with van der Waals surface area (Å²) in [5, 5.41) is 9.78. The van der Waals surface area contributed by atoms with E-state index in [1.54, 1.807) is 0 Å². The van der Waals surface area contributed by atoms with Crippen molar-refractivity contribution in [1.29, 1.82) is 0 Å². The minimum absolute atomic E-state index is 0.0735. The van der Waals surface area contributed by atoms with E-state index in [1.165, 1.54) is 32.8 Å². The van der Waals surface area contributed by atoms with Crippen LogP contribution in [0.15, 0.2) is 0 Å². The summed E-state index contributed by atoms with van der Waals surface area (Å²) in [5.74, 6) is -0.416. The zero-order valence-electron chi connectivity index (χ0n) is 11.7. The van der Waals surface area contributed by atoms with Crippen LogP contribution in [0.5, 0.6) is 0 Å². The minimum atomic E-state index is -0.933. The van der Waals surface area contributed by atoms with Gasteiger partial charge in [0.25, 0.3) is 0 Å². The van der Waals surface area contributed by atoms with Gasteiger partial charge in [-0.1, -0.05) is 26.2 Å². The molecule has 4 heteroatoms. The first kappa shape index (κ1) is 15.4. The minimum Gasteiger partial charge on any atom is -0.467 e. The number of carbonyl (C=O) groups is 1. The second kappa shape index (κ2) is 8.48. The van der Waals surface area contributed by atoms with Gasteiger partial charge in [0.15, 0.2) is 6.10 Å². The number of likely N-dealkylation sites (tertiary alicyclic amines) is 1. The van der Waals surface area contributed by atoms with Gasteiger partial charge < -0.3 is 14.7 Å². The Morgan fingerprint density at radius 1 is 1.33 bits per heavy atom. The molecule has 1 saturated heterocycles. The number of esters is 1. The van der Waals surface area contributed by atoms with Gasteiger partial charge in [-0.15, -0.1) is 0 Å². The molecule has 106 valence electrons. The van der Waals surface area contributed by atoms with Crippen molar-refractivity contribution >= 4 is 5.97 Å². The summed E-state index contributed by atoms with van der Waals surface area (Å²) in [6, 6.07) is 0. The number of unbranched alkanes of at least 4 members (excludes halogenated alkanes) is 3. The van der Waals surface area contributed by atoms with E-state index >= 15 is 0 Å². The number of hydrogen-bond acceptors (Lipinski definition) is 4. The number of rotatable bonds is 7. The first-order chi connectivity index (χ1) is 8.69. The number of piperidine rings is 1. The molecule has 0 aromatic heterocycles. The third-order valence-electron chi connectivity index (χ3n) is 3.85. The number of ether oxygens (including phenoxy) is 1. The van der Waals surface area contributed by atoms with E-state index in [2.05, 4.69) is 16.6 Å². The molecule has 0 bridgehead atoms. The van der Waals surface area contributed by atoms with Crippen LogP contribution in [-0.4, -0.2) is 48.8 Å². The van der Waals surface area contributed by atoms with E-state index in [4.69, 9.17) is 0 Å². The van der Waals surface area contributed by atoms with Crippen LogP contribution in [0.1, 0.15) is 45.4 Å². The molecular formula is C14H27NO3. The summed E-state index contributed by atoms with van der Waals surface area (Å²) in [6.07, 6.45) is 6.01. The lowest BCUT2D eigenvalue weighted by atomic mass is 9.91. The van der Waals surface area contributed by atoms with Crippen molar-refractivity contribution in [3.8, 4) is 0 Å². The summed E-state index contributed by atoms with van der Waals surface area (Å²) in [7, 11) is 1.33. The summed E-state index contributed by atoms with van der Waals surface area (Å²) < 4.78 is 4.58. The maximum absolute atomic E-state index is 11.3. The molecular weight excluding hydrogens is 230 g/mol. The maximum Gasteiger partial charge on any atom is 0.334 e. The van der Waals surface area contributed by atoms with Gasteiger partial charge in [0.1, 0.15) is 0 Å². The lowest BCUT2D eigenvalue weighted by molar-refractivity contribution is -0.154. The molecule has 1 aliphatic rings. The van der Waals surface area contributed by atoms with Gasteiger partial charge in [0.2, 0.25) is 0 Å². The molecule has 0 aliphatic carbocycles. The quantitative estimate of drug-likeness (QED) is 0.558. The molecule has 1 unspecified atom stereocenters. The Bertz CT molecular complexity index is 237. The van der Waals surface area contributed by atoms with E-state index in [1.807, 2.05) is 0 Å². The van der Waals surface area contributed by atoms with Crippen molar-refractivity contribution in [3.63, 3.8) is 0 Å². The van der Waals surface area contributed by atoms with Gasteiger partial charge in [-0.05, 0) is 44.8 Å². The number of methoxy groups -OCH3 is 1. The molecule has 1 rings (SSSR count). The Morgan fingerprint density at radius 2 is 2.00 bits per heavy atom. The Hall–Kier alpha value is -0.610. The van der Waals surface area contributed by atoms with Crippen LogP contribution in [-0.2, 0) is 9.53 Å². The topological polar surface area (TPSA) is 49.8 Å². The molecule has 0 aromatic carbocycles. The van der Waals surface area contributed by atoms with Crippen LogP contribution in [0, 0.1) is 5.92 Å². The first-order valence-electron chi connectivity index (χ1n) is 7.17. The second-order valence-corrected chi connectivity index (χ2v) is 5.21. The number of aliphatic hydroxyl groups is 1. The van der Waals surface area contributed by atoms with E-state index in [0.717, 1.165) is 32.5 Å². The molecule has 0 spiro atoms. The van der Waals surface area contributed by atoms with Gasteiger partial charge in [-0.3, -0.25) is 0 Å². The summed E-state index contributed by atoms with van der Waals surface area (Å²) in [6.45, 7) is 5.36. The molecule has 0 saturated carbocycles.